The van der Waals surface area contributed by atoms with Gasteiger partial charge in [-0.3, -0.25) is 9.59 Å². The van der Waals surface area contributed by atoms with Gasteiger partial charge in [0.15, 0.2) is 0 Å². The highest BCUT2D eigenvalue weighted by atomic mass is 16.2. The van der Waals surface area contributed by atoms with Gasteiger partial charge in [-0.25, -0.2) is 4.98 Å². The van der Waals surface area contributed by atoms with Gasteiger partial charge in [-0.05, 0) is 44.2 Å². The third kappa shape index (κ3) is 3.47. The topological polar surface area (TPSA) is 89.8 Å². The average Bonchev–Trinajstić information content (AvgIpc) is 2.65. The van der Waals surface area contributed by atoms with Crippen LogP contribution in [-0.4, -0.2) is 26.8 Å². The lowest BCUT2D eigenvalue weighted by molar-refractivity contribution is 0.0685. The van der Waals surface area contributed by atoms with Crippen LogP contribution >= 0.6 is 0 Å². The zero-order chi connectivity index (χ0) is 18.7. The van der Waals surface area contributed by atoms with Gasteiger partial charge in [0.05, 0.1) is 29.1 Å². The Morgan fingerprint density at radius 3 is 2.73 bits per heavy atom. The van der Waals surface area contributed by atoms with Crippen molar-refractivity contribution in [1.82, 2.24) is 14.9 Å². The Morgan fingerprint density at radius 1 is 1.23 bits per heavy atom. The second-order valence-corrected chi connectivity index (χ2v) is 6.25. The summed E-state index contributed by atoms with van der Waals surface area (Å²) in [7, 11) is 0. The summed E-state index contributed by atoms with van der Waals surface area (Å²) in [5.74, 6) is 0.208. The van der Waals surface area contributed by atoms with E-state index in [-0.39, 0.29) is 24.1 Å². The molecule has 26 heavy (non-hydrogen) atoms. The molecule has 130 valence electrons. The van der Waals surface area contributed by atoms with E-state index >= 15 is 0 Å². The number of aromatic amines is 1. The maximum atomic E-state index is 12.9. The fraction of sp³-hybridized carbons (Fsp3) is 0.200. The third-order valence-corrected chi connectivity index (χ3v) is 4.10. The molecule has 0 bridgehead atoms. The lowest BCUT2D eigenvalue weighted by atomic mass is 10.1. The van der Waals surface area contributed by atoms with Crippen molar-refractivity contribution in [2.75, 3.05) is 0 Å². The van der Waals surface area contributed by atoms with E-state index < -0.39 is 0 Å². The van der Waals surface area contributed by atoms with E-state index in [1.54, 1.807) is 47.4 Å². The van der Waals surface area contributed by atoms with Gasteiger partial charge in [0, 0.05) is 11.6 Å². The van der Waals surface area contributed by atoms with Crippen molar-refractivity contribution >= 4 is 16.8 Å². The number of benzene rings is 2. The Balaban J connectivity index is 1.95. The Hall–Kier alpha value is -3.46. The number of H-pyrrole nitrogens is 1. The van der Waals surface area contributed by atoms with Crippen molar-refractivity contribution in [2.24, 2.45) is 0 Å². The predicted octanol–water partition coefficient (Wildman–Crippen LogP) is 2.85. The number of rotatable bonds is 4. The molecule has 0 spiro atoms. The smallest absolute Gasteiger partial charge is 0.258 e. The molecule has 1 amide bonds. The molecule has 0 aliphatic rings. The number of carbonyl (C=O) groups is 1. The van der Waals surface area contributed by atoms with Crippen LogP contribution in [0.2, 0.25) is 0 Å². The Bertz CT molecular complexity index is 1060. The average molecular weight is 346 g/mol. The summed E-state index contributed by atoms with van der Waals surface area (Å²) in [4.78, 5) is 34.0. The summed E-state index contributed by atoms with van der Waals surface area (Å²) in [6, 6.07) is 15.6. The summed E-state index contributed by atoms with van der Waals surface area (Å²) < 4.78 is 0. The summed E-state index contributed by atoms with van der Waals surface area (Å²) in [6.45, 7) is 3.96. The number of carbonyl (C=O) groups excluding carboxylic acids is 1. The molecule has 1 aromatic heterocycles. The minimum Gasteiger partial charge on any atom is -0.329 e. The fourth-order valence-electron chi connectivity index (χ4n) is 2.75. The van der Waals surface area contributed by atoms with E-state index in [2.05, 4.69) is 9.97 Å². The number of hydrogen-bond acceptors (Lipinski definition) is 4. The number of amides is 1. The molecule has 2 aromatic carbocycles. The van der Waals surface area contributed by atoms with E-state index in [1.165, 1.54) is 0 Å². The van der Waals surface area contributed by atoms with Gasteiger partial charge in [0.25, 0.3) is 11.5 Å². The van der Waals surface area contributed by atoms with Crippen LogP contribution in [0.4, 0.5) is 0 Å². The van der Waals surface area contributed by atoms with Crippen molar-refractivity contribution < 1.29 is 4.79 Å². The highest BCUT2D eigenvalue weighted by molar-refractivity contribution is 5.94. The molecule has 3 aromatic rings. The molecule has 0 atom stereocenters. The molecular weight excluding hydrogens is 328 g/mol. The molecule has 0 aliphatic heterocycles. The van der Waals surface area contributed by atoms with Crippen LogP contribution in [0, 0.1) is 11.3 Å². The fourth-order valence-corrected chi connectivity index (χ4v) is 2.75. The van der Waals surface area contributed by atoms with Gasteiger partial charge in [-0.2, -0.15) is 5.26 Å². The number of hydrogen-bond donors (Lipinski definition) is 1. The van der Waals surface area contributed by atoms with Crippen LogP contribution in [0.25, 0.3) is 10.9 Å². The van der Waals surface area contributed by atoms with Crippen molar-refractivity contribution in [3.05, 3.63) is 75.8 Å². The molecule has 0 fully saturated rings. The molecule has 1 N–H and O–H groups in total. The van der Waals surface area contributed by atoms with Crippen LogP contribution in [0.15, 0.2) is 53.3 Å². The zero-order valence-electron chi connectivity index (χ0n) is 14.6. The van der Waals surface area contributed by atoms with E-state index in [0.29, 0.717) is 27.9 Å². The molecule has 6 nitrogen and oxygen atoms in total. The lowest BCUT2D eigenvalue weighted by Gasteiger charge is -2.26. The lowest BCUT2D eigenvalue weighted by Crippen LogP contribution is -2.37. The number of para-hydroxylation sites is 1. The quantitative estimate of drug-likeness (QED) is 0.786. The van der Waals surface area contributed by atoms with Crippen LogP contribution < -0.4 is 5.56 Å². The van der Waals surface area contributed by atoms with Gasteiger partial charge in [-0.1, -0.05) is 18.2 Å². The molecule has 1 heterocycles. The molecule has 0 unspecified atom stereocenters. The summed E-state index contributed by atoms with van der Waals surface area (Å²) in [5, 5.41) is 9.55. The standard InChI is InChI=1S/C20H18N4O2/c1-13(2)24(20(26)15-7-5-6-14(10-15)11-21)12-18-22-17-9-4-3-8-16(17)19(25)23-18/h3-10,13H,12H2,1-2H3,(H,22,23,25). The molecule has 0 saturated heterocycles. The van der Waals surface area contributed by atoms with Crippen LogP contribution in [-0.2, 0) is 6.54 Å². The number of nitrogens with zero attached hydrogens (tertiary/aromatic N) is 3. The summed E-state index contributed by atoms with van der Waals surface area (Å²) in [6.07, 6.45) is 0. The highest BCUT2D eigenvalue weighted by Gasteiger charge is 2.20. The first kappa shape index (κ1) is 17.4. The molecule has 0 aliphatic carbocycles. The van der Waals surface area contributed by atoms with E-state index in [0.717, 1.165) is 0 Å². The number of nitrogens with one attached hydrogen (secondary N) is 1. The normalized spacial score (nSPS) is 10.7. The van der Waals surface area contributed by atoms with E-state index in [9.17, 15) is 9.59 Å². The Labute approximate surface area is 150 Å². The van der Waals surface area contributed by atoms with Crippen molar-refractivity contribution in [2.45, 2.75) is 26.4 Å². The molecule has 6 heteroatoms. The summed E-state index contributed by atoms with van der Waals surface area (Å²) in [5.41, 5.74) is 1.22. The first-order chi connectivity index (χ1) is 12.5. The van der Waals surface area contributed by atoms with Crippen molar-refractivity contribution in [3.8, 4) is 6.07 Å². The first-order valence-corrected chi connectivity index (χ1v) is 8.28. The maximum absolute atomic E-state index is 12.9. The second kappa shape index (κ2) is 7.19. The zero-order valence-corrected chi connectivity index (χ0v) is 14.6. The van der Waals surface area contributed by atoms with Gasteiger partial charge < -0.3 is 9.88 Å². The molecular formula is C20H18N4O2. The van der Waals surface area contributed by atoms with Gasteiger partial charge in [0.1, 0.15) is 5.82 Å². The van der Waals surface area contributed by atoms with Crippen LogP contribution in [0.5, 0.6) is 0 Å². The van der Waals surface area contributed by atoms with Crippen molar-refractivity contribution in [1.29, 1.82) is 5.26 Å². The SMILES string of the molecule is CC(C)N(Cc1nc2ccccc2c(=O)[nH]1)C(=O)c1cccc(C#N)c1. The monoisotopic (exact) mass is 346 g/mol. The Morgan fingerprint density at radius 2 is 2.00 bits per heavy atom. The number of aromatic nitrogens is 2. The summed E-state index contributed by atoms with van der Waals surface area (Å²) >= 11 is 0. The third-order valence-electron chi connectivity index (χ3n) is 4.10. The van der Waals surface area contributed by atoms with E-state index in [1.807, 2.05) is 26.0 Å². The van der Waals surface area contributed by atoms with Crippen LogP contribution in [0.3, 0.4) is 0 Å². The first-order valence-electron chi connectivity index (χ1n) is 8.28. The van der Waals surface area contributed by atoms with Gasteiger partial charge in [-0.15, -0.1) is 0 Å². The van der Waals surface area contributed by atoms with Crippen molar-refractivity contribution in [3.63, 3.8) is 0 Å². The minimum absolute atomic E-state index is 0.106. The second-order valence-electron chi connectivity index (χ2n) is 6.25. The number of nitriles is 1. The number of fused-ring (bicyclic) bond motifs is 1. The van der Waals surface area contributed by atoms with Crippen LogP contribution in [0.1, 0.15) is 35.6 Å². The highest BCUT2D eigenvalue weighted by Crippen LogP contribution is 2.14. The molecule has 0 radical (unpaired) electrons. The largest absolute Gasteiger partial charge is 0.329 e. The van der Waals surface area contributed by atoms with E-state index in [4.69, 9.17) is 5.26 Å². The van der Waals surface area contributed by atoms with Gasteiger partial charge >= 0.3 is 0 Å². The Kier molecular flexibility index (Phi) is 4.81. The predicted molar refractivity (Wildman–Crippen MR) is 98.5 cm³/mol. The maximum Gasteiger partial charge on any atom is 0.258 e. The van der Waals surface area contributed by atoms with Gasteiger partial charge in [0.2, 0.25) is 0 Å². The molecule has 3 rings (SSSR count). The minimum atomic E-state index is -0.228. The molecule has 0 saturated carbocycles.